The van der Waals surface area contributed by atoms with Crippen LogP contribution in [0.25, 0.3) is 0 Å². The van der Waals surface area contributed by atoms with Gasteiger partial charge in [-0.05, 0) is 30.7 Å². The van der Waals surface area contributed by atoms with Crippen LogP contribution in [0.4, 0.5) is 0 Å². The number of rotatable bonds is 7. The number of hydrogen-bond acceptors (Lipinski definition) is 3. The third-order valence-electron chi connectivity index (χ3n) is 2.59. The maximum atomic E-state index is 5.58. The topological polar surface area (TPSA) is 34.1 Å². The third-order valence-corrected chi connectivity index (χ3v) is 2.59. The Kier molecular flexibility index (Phi) is 5.21. The van der Waals surface area contributed by atoms with Crippen LogP contribution in [-0.2, 0) is 6.54 Å². The highest BCUT2D eigenvalue weighted by molar-refractivity contribution is 5.16. The third kappa shape index (κ3) is 4.55. The molecule has 2 aromatic rings. The average Bonchev–Trinajstić information content (AvgIpc) is 2.45. The Bertz CT molecular complexity index is 387. The molecule has 0 saturated carbocycles. The first kappa shape index (κ1) is 12.6. The number of hydrogen-bond donors (Lipinski definition) is 1. The molecule has 94 valence electrons. The van der Waals surface area contributed by atoms with E-state index in [4.69, 9.17) is 4.74 Å². The summed E-state index contributed by atoms with van der Waals surface area (Å²) in [5.41, 5.74) is 1.31. The number of ether oxygens (including phenoxy) is 1. The summed E-state index contributed by atoms with van der Waals surface area (Å²) in [7, 11) is 0. The van der Waals surface area contributed by atoms with Crippen LogP contribution in [0.15, 0.2) is 54.9 Å². The van der Waals surface area contributed by atoms with Gasteiger partial charge >= 0.3 is 0 Å². The van der Waals surface area contributed by atoms with Gasteiger partial charge < -0.3 is 10.1 Å². The summed E-state index contributed by atoms with van der Waals surface area (Å²) in [5.74, 6) is 0.882. The van der Waals surface area contributed by atoms with Gasteiger partial charge in [-0.1, -0.05) is 30.3 Å². The molecule has 1 aromatic carbocycles. The Morgan fingerprint density at radius 1 is 1.00 bits per heavy atom. The molecule has 0 atom stereocenters. The molecule has 0 radical (unpaired) electrons. The van der Waals surface area contributed by atoms with Crippen molar-refractivity contribution in [2.75, 3.05) is 13.2 Å². The van der Waals surface area contributed by atoms with Crippen LogP contribution in [-0.4, -0.2) is 18.1 Å². The molecule has 0 bridgehead atoms. The Morgan fingerprint density at radius 3 is 2.56 bits per heavy atom. The zero-order chi connectivity index (χ0) is 12.5. The highest BCUT2D eigenvalue weighted by Gasteiger charge is 1.93. The lowest BCUT2D eigenvalue weighted by Gasteiger charge is -2.07. The van der Waals surface area contributed by atoms with Gasteiger partial charge in [-0.3, -0.25) is 4.98 Å². The molecule has 1 aromatic heterocycles. The molecular weight excluding hydrogens is 224 g/mol. The van der Waals surface area contributed by atoms with Crippen LogP contribution in [0.1, 0.15) is 12.0 Å². The van der Waals surface area contributed by atoms with Crippen LogP contribution < -0.4 is 10.1 Å². The van der Waals surface area contributed by atoms with E-state index >= 15 is 0 Å². The fourth-order valence-corrected chi connectivity index (χ4v) is 1.65. The van der Waals surface area contributed by atoms with Gasteiger partial charge in [-0.15, -0.1) is 0 Å². The van der Waals surface area contributed by atoms with Gasteiger partial charge in [0, 0.05) is 18.9 Å². The summed E-state index contributed by atoms with van der Waals surface area (Å²) in [6.07, 6.45) is 4.47. The van der Waals surface area contributed by atoms with Crippen molar-refractivity contribution < 1.29 is 4.74 Å². The lowest BCUT2D eigenvalue weighted by atomic mass is 10.2. The van der Waals surface area contributed by atoms with E-state index in [1.54, 1.807) is 12.4 Å². The van der Waals surface area contributed by atoms with Gasteiger partial charge in [0.25, 0.3) is 0 Å². The molecule has 2 rings (SSSR count). The molecule has 0 aliphatic heterocycles. The van der Waals surface area contributed by atoms with Crippen LogP contribution >= 0.6 is 0 Å². The van der Waals surface area contributed by atoms with E-state index in [9.17, 15) is 0 Å². The average molecular weight is 242 g/mol. The summed E-state index contributed by atoms with van der Waals surface area (Å²) >= 11 is 0. The second-order valence-corrected chi connectivity index (χ2v) is 4.05. The predicted molar refractivity (Wildman–Crippen MR) is 72.5 cm³/mol. The first-order chi connectivity index (χ1) is 8.95. The number of pyridine rings is 1. The molecule has 18 heavy (non-hydrogen) atoms. The van der Waals surface area contributed by atoms with Gasteiger partial charge in [0.1, 0.15) is 5.75 Å². The maximum absolute atomic E-state index is 5.58. The van der Waals surface area contributed by atoms with Gasteiger partial charge in [0.05, 0.1) is 6.61 Å². The van der Waals surface area contributed by atoms with E-state index in [0.717, 1.165) is 31.9 Å². The van der Waals surface area contributed by atoms with E-state index in [1.807, 2.05) is 18.2 Å². The largest absolute Gasteiger partial charge is 0.493 e. The summed E-state index contributed by atoms with van der Waals surface area (Å²) in [5, 5.41) is 3.40. The lowest BCUT2D eigenvalue weighted by molar-refractivity contribution is 0.307. The molecule has 1 heterocycles. The van der Waals surface area contributed by atoms with Gasteiger partial charge in [-0.2, -0.15) is 0 Å². The fourth-order valence-electron chi connectivity index (χ4n) is 1.65. The lowest BCUT2D eigenvalue weighted by Crippen LogP contribution is -2.16. The second-order valence-electron chi connectivity index (χ2n) is 4.05. The predicted octanol–water partition coefficient (Wildman–Crippen LogP) is 2.64. The molecule has 0 aliphatic carbocycles. The Labute approximate surface area is 108 Å². The van der Waals surface area contributed by atoms with E-state index in [1.165, 1.54) is 5.56 Å². The fraction of sp³-hybridized carbons (Fsp3) is 0.267. The normalized spacial score (nSPS) is 10.2. The van der Waals surface area contributed by atoms with Crippen molar-refractivity contribution in [3.05, 3.63) is 60.4 Å². The van der Waals surface area contributed by atoms with Crippen molar-refractivity contribution in [1.29, 1.82) is 0 Å². The Hall–Kier alpha value is -1.87. The van der Waals surface area contributed by atoms with E-state index in [2.05, 4.69) is 34.6 Å². The molecule has 0 aliphatic rings. The first-order valence-electron chi connectivity index (χ1n) is 6.22. The van der Waals surface area contributed by atoms with Crippen molar-refractivity contribution in [2.45, 2.75) is 13.0 Å². The summed E-state index contributed by atoms with van der Waals surface area (Å²) in [4.78, 5) is 3.94. The number of nitrogens with one attached hydrogen (secondary N) is 1. The quantitative estimate of drug-likeness (QED) is 0.758. The van der Waals surface area contributed by atoms with Crippen molar-refractivity contribution in [1.82, 2.24) is 10.3 Å². The van der Waals surface area contributed by atoms with Crippen molar-refractivity contribution in [3.8, 4) is 5.75 Å². The molecule has 0 fully saturated rings. The SMILES string of the molecule is c1ccc(CNCCCOc2ccncc2)cc1. The van der Waals surface area contributed by atoms with Crippen LogP contribution in [0.5, 0.6) is 5.75 Å². The molecule has 0 unspecified atom stereocenters. The molecule has 0 spiro atoms. The highest BCUT2D eigenvalue weighted by Crippen LogP contribution is 2.06. The standard InChI is InChI=1S/C15H18N2O/c1-2-5-14(6-3-1)13-17-9-4-12-18-15-7-10-16-11-8-15/h1-3,5-8,10-11,17H,4,9,12-13H2. The van der Waals surface area contributed by atoms with Crippen molar-refractivity contribution in [2.24, 2.45) is 0 Å². The summed E-state index contributed by atoms with van der Waals surface area (Å²) < 4.78 is 5.58. The Morgan fingerprint density at radius 2 is 1.78 bits per heavy atom. The van der Waals surface area contributed by atoms with E-state index < -0.39 is 0 Å². The second kappa shape index (κ2) is 7.45. The molecule has 3 nitrogen and oxygen atoms in total. The van der Waals surface area contributed by atoms with Crippen LogP contribution in [0.3, 0.4) is 0 Å². The van der Waals surface area contributed by atoms with Gasteiger partial charge in [0.2, 0.25) is 0 Å². The molecular formula is C15H18N2O. The summed E-state index contributed by atoms with van der Waals surface area (Å²) in [6.45, 7) is 2.60. The molecule has 3 heteroatoms. The van der Waals surface area contributed by atoms with Gasteiger partial charge in [0.15, 0.2) is 0 Å². The minimum Gasteiger partial charge on any atom is -0.493 e. The Balaban J connectivity index is 1.54. The molecule has 0 saturated heterocycles. The van der Waals surface area contributed by atoms with E-state index in [0.29, 0.717) is 0 Å². The minimum atomic E-state index is 0.728. The number of aromatic nitrogens is 1. The maximum Gasteiger partial charge on any atom is 0.122 e. The van der Waals surface area contributed by atoms with Crippen molar-refractivity contribution in [3.63, 3.8) is 0 Å². The van der Waals surface area contributed by atoms with Crippen LogP contribution in [0.2, 0.25) is 0 Å². The zero-order valence-corrected chi connectivity index (χ0v) is 10.4. The van der Waals surface area contributed by atoms with Gasteiger partial charge in [-0.25, -0.2) is 0 Å². The molecule has 0 amide bonds. The number of nitrogens with zero attached hydrogens (tertiary/aromatic N) is 1. The zero-order valence-electron chi connectivity index (χ0n) is 10.4. The van der Waals surface area contributed by atoms with Crippen LogP contribution in [0, 0.1) is 0 Å². The van der Waals surface area contributed by atoms with E-state index in [-0.39, 0.29) is 0 Å². The number of benzene rings is 1. The minimum absolute atomic E-state index is 0.728. The molecule has 1 N–H and O–H groups in total. The first-order valence-corrected chi connectivity index (χ1v) is 6.22. The highest BCUT2D eigenvalue weighted by atomic mass is 16.5. The summed E-state index contributed by atoms with van der Waals surface area (Å²) in [6, 6.07) is 14.1. The monoisotopic (exact) mass is 242 g/mol. The van der Waals surface area contributed by atoms with Crippen molar-refractivity contribution >= 4 is 0 Å². The smallest absolute Gasteiger partial charge is 0.122 e.